The van der Waals surface area contributed by atoms with E-state index < -0.39 is 5.41 Å². The lowest BCUT2D eigenvalue weighted by molar-refractivity contribution is -0.159. The van der Waals surface area contributed by atoms with Crippen LogP contribution in [0.15, 0.2) is 42.5 Å². The van der Waals surface area contributed by atoms with Gasteiger partial charge in [0.15, 0.2) is 0 Å². The summed E-state index contributed by atoms with van der Waals surface area (Å²) in [6, 6.07) is 9.95. The Hall–Kier alpha value is -2.10. The molecule has 1 aliphatic heterocycles. The SMILES string of the molecule is C/C=C/CC(=O)N1CCCN1C(=O)C1(c2ccccc2)CC1. The summed E-state index contributed by atoms with van der Waals surface area (Å²) in [6.45, 7) is 3.19. The van der Waals surface area contributed by atoms with Crippen molar-refractivity contribution in [1.82, 2.24) is 10.0 Å². The standard InChI is InChI=1S/C18H22N2O2/c1-2-3-10-16(21)19-13-7-14-20(19)17(22)18(11-12-18)15-8-5-4-6-9-15/h2-6,8-9H,7,10-14H2,1H3/b3-2+. The van der Waals surface area contributed by atoms with Crippen LogP contribution >= 0.6 is 0 Å². The minimum atomic E-state index is -0.398. The number of hydrogen-bond donors (Lipinski definition) is 0. The number of rotatable bonds is 4. The molecule has 3 rings (SSSR count). The van der Waals surface area contributed by atoms with Gasteiger partial charge in [0.2, 0.25) is 5.91 Å². The van der Waals surface area contributed by atoms with Crippen molar-refractivity contribution in [2.75, 3.05) is 13.1 Å². The van der Waals surface area contributed by atoms with E-state index in [1.54, 1.807) is 10.0 Å². The first kappa shape index (κ1) is 14.8. The smallest absolute Gasteiger partial charge is 0.251 e. The van der Waals surface area contributed by atoms with Gasteiger partial charge >= 0.3 is 0 Å². The zero-order valence-corrected chi connectivity index (χ0v) is 13.0. The van der Waals surface area contributed by atoms with Crippen molar-refractivity contribution in [1.29, 1.82) is 0 Å². The Bertz CT molecular complexity index is 590. The second-order valence-electron chi connectivity index (χ2n) is 6.02. The average Bonchev–Trinajstić information content (AvgIpc) is 3.23. The first-order chi connectivity index (χ1) is 10.7. The number of allylic oxidation sites excluding steroid dienone is 1. The highest BCUT2D eigenvalue weighted by Gasteiger charge is 2.54. The molecule has 1 aliphatic carbocycles. The van der Waals surface area contributed by atoms with Crippen molar-refractivity contribution < 1.29 is 9.59 Å². The lowest BCUT2D eigenvalue weighted by Crippen LogP contribution is -2.48. The second-order valence-corrected chi connectivity index (χ2v) is 6.02. The van der Waals surface area contributed by atoms with Crippen LogP contribution in [0.5, 0.6) is 0 Å². The van der Waals surface area contributed by atoms with Crippen molar-refractivity contribution >= 4 is 11.8 Å². The average molecular weight is 298 g/mol. The molecule has 1 saturated heterocycles. The predicted molar refractivity (Wildman–Crippen MR) is 84.8 cm³/mol. The minimum Gasteiger partial charge on any atom is -0.273 e. The number of carbonyl (C=O) groups excluding carboxylic acids is 2. The van der Waals surface area contributed by atoms with Crippen LogP contribution in [-0.2, 0) is 15.0 Å². The summed E-state index contributed by atoms with van der Waals surface area (Å²) >= 11 is 0. The highest BCUT2D eigenvalue weighted by Crippen LogP contribution is 2.50. The van der Waals surface area contributed by atoms with Gasteiger partial charge in [-0.1, -0.05) is 42.5 Å². The Labute approximate surface area is 131 Å². The fourth-order valence-corrected chi connectivity index (χ4v) is 3.16. The Morgan fingerprint density at radius 3 is 2.45 bits per heavy atom. The topological polar surface area (TPSA) is 40.6 Å². The molecule has 0 N–H and O–H groups in total. The number of hydrogen-bond acceptors (Lipinski definition) is 2. The number of carbonyl (C=O) groups is 2. The molecule has 0 bridgehead atoms. The van der Waals surface area contributed by atoms with Crippen molar-refractivity contribution in [2.24, 2.45) is 0 Å². The first-order valence-corrected chi connectivity index (χ1v) is 7.98. The van der Waals surface area contributed by atoms with Gasteiger partial charge in [-0.2, -0.15) is 0 Å². The molecule has 2 aliphatic rings. The number of nitrogens with zero attached hydrogens (tertiary/aromatic N) is 2. The second kappa shape index (κ2) is 5.95. The Kier molecular flexibility index (Phi) is 4.01. The summed E-state index contributed by atoms with van der Waals surface area (Å²) in [5.74, 6) is 0.0952. The molecule has 4 heteroatoms. The van der Waals surface area contributed by atoms with Crippen molar-refractivity contribution in [3.8, 4) is 0 Å². The molecule has 1 aromatic rings. The molecular weight excluding hydrogens is 276 g/mol. The van der Waals surface area contributed by atoms with Crippen molar-refractivity contribution in [3.63, 3.8) is 0 Å². The van der Waals surface area contributed by atoms with E-state index >= 15 is 0 Å². The Morgan fingerprint density at radius 1 is 1.14 bits per heavy atom. The van der Waals surface area contributed by atoms with E-state index in [1.807, 2.05) is 49.4 Å². The van der Waals surface area contributed by atoms with Gasteiger partial charge in [0, 0.05) is 19.5 Å². The lowest BCUT2D eigenvalue weighted by atomic mass is 9.95. The maximum Gasteiger partial charge on any atom is 0.251 e. The number of amides is 2. The third-order valence-corrected chi connectivity index (χ3v) is 4.57. The summed E-state index contributed by atoms with van der Waals surface area (Å²) < 4.78 is 0. The van der Waals surface area contributed by atoms with Gasteiger partial charge in [0.1, 0.15) is 0 Å². The summed E-state index contributed by atoms with van der Waals surface area (Å²) in [4.78, 5) is 25.3. The summed E-state index contributed by atoms with van der Waals surface area (Å²) in [6.07, 6.45) is 6.68. The largest absolute Gasteiger partial charge is 0.273 e. The van der Waals surface area contributed by atoms with Crippen LogP contribution in [0.1, 0.15) is 38.2 Å². The number of hydrazine groups is 1. The zero-order valence-electron chi connectivity index (χ0n) is 13.0. The van der Waals surface area contributed by atoms with E-state index in [2.05, 4.69) is 0 Å². The van der Waals surface area contributed by atoms with Crippen LogP contribution in [0.25, 0.3) is 0 Å². The molecule has 1 heterocycles. The van der Waals surface area contributed by atoms with E-state index in [1.165, 1.54) is 0 Å². The summed E-state index contributed by atoms with van der Waals surface area (Å²) in [5.41, 5.74) is 0.679. The fourth-order valence-electron chi connectivity index (χ4n) is 3.16. The molecule has 0 atom stereocenters. The van der Waals surface area contributed by atoms with E-state index in [-0.39, 0.29) is 11.8 Å². The van der Waals surface area contributed by atoms with Gasteiger partial charge in [-0.15, -0.1) is 0 Å². The predicted octanol–water partition coefficient (Wildman–Crippen LogP) is 2.66. The van der Waals surface area contributed by atoms with Crippen LogP contribution < -0.4 is 0 Å². The molecule has 0 unspecified atom stereocenters. The van der Waals surface area contributed by atoms with E-state index in [9.17, 15) is 9.59 Å². The molecule has 4 nitrogen and oxygen atoms in total. The highest BCUT2D eigenvalue weighted by molar-refractivity contribution is 5.93. The summed E-state index contributed by atoms with van der Waals surface area (Å²) in [7, 11) is 0. The molecular formula is C18H22N2O2. The molecule has 2 fully saturated rings. The van der Waals surface area contributed by atoms with E-state index in [4.69, 9.17) is 0 Å². The van der Waals surface area contributed by atoms with Crippen molar-refractivity contribution in [2.45, 2.75) is 38.0 Å². The van der Waals surface area contributed by atoms with Gasteiger partial charge in [0.05, 0.1) is 5.41 Å². The minimum absolute atomic E-state index is 0.00723. The molecule has 116 valence electrons. The van der Waals surface area contributed by atoms with E-state index in [0.717, 1.165) is 24.8 Å². The molecule has 0 aromatic heterocycles. The van der Waals surface area contributed by atoms with Gasteiger partial charge < -0.3 is 0 Å². The molecule has 0 spiro atoms. The number of benzene rings is 1. The zero-order chi connectivity index (χ0) is 15.6. The Morgan fingerprint density at radius 2 is 1.82 bits per heavy atom. The maximum absolute atomic E-state index is 13.0. The van der Waals surface area contributed by atoms with Crippen LogP contribution in [0.4, 0.5) is 0 Å². The van der Waals surface area contributed by atoms with Gasteiger partial charge in [-0.05, 0) is 31.7 Å². The Balaban J connectivity index is 1.78. The van der Waals surface area contributed by atoms with Gasteiger partial charge in [-0.3, -0.25) is 19.6 Å². The maximum atomic E-state index is 13.0. The molecule has 1 saturated carbocycles. The third-order valence-electron chi connectivity index (χ3n) is 4.57. The molecule has 2 amide bonds. The van der Waals surface area contributed by atoms with Gasteiger partial charge in [-0.25, -0.2) is 0 Å². The fraction of sp³-hybridized carbons (Fsp3) is 0.444. The molecule has 22 heavy (non-hydrogen) atoms. The van der Waals surface area contributed by atoms with E-state index in [0.29, 0.717) is 19.5 Å². The highest BCUT2D eigenvalue weighted by atomic mass is 16.2. The molecule has 1 aromatic carbocycles. The lowest BCUT2D eigenvalue weighted by Gasteiger charge is -2.31. The normalized spacial score (nSPS) is 19.7. The molecule has 0 radical (unpaired) electrons. The van der Waals surface area contributed by atoms with Gasteiger partial charge in [0.25, 0.3) is 5.91 Å². The first-order valence-electron chi connectivity index (χ1n) is 7.98. The van der Waals surface area contributed by atoms with Crippen LogP contribution in [-0.4, -0.2) is 34.9 Å². The monoisotopic (exact) mass is 298 g/mol. The van der Waals surface area contributed by atoms with Crippen molar-refractivity contribution in [3.05, 3.63) is 48.0 Å². The summed E-state index contributed by atoms with van der Waals surface area (Å²) in [5, 5.41) is 3.33. The van der Waals surface area contributed by atoms with Crippen LogP contribution in [0.3, 0.4) is 0 Å². The van der Waals surface area contributed by atoms with Crippen LogP contribution in [0, 0.1) is 0 Å². The third kappa shape index (κ3) is 2.54. The quantitative estimate of drug-likeness (QED) is 0.802. The van der Waals surface area contributed by atoms with Crippen LogP contribution in [0.2, 0.25) is 0 Å².